The molecule has 0 unspecified atom stereocenters. The summed E-state index contributed by atoms with van der Waals surface area (Å²) < 4.78 is 1.83. The van der Waals surface area contributed by atoms with Crippen molar-refractivity contribution in [2.75, 3.05) is 0 Å². The maximum atomic E-state index is 11.0. The van der Waals surface area contributed by atoms with Gasteiger partial charge in [-0.2, -0.15) is 0 Å². The normalized spacial score (nSPS) is 11.4. The second kappa shape index (κ2) is 5.53. The van der Waals surface area contributed by atoms with E-state index < -0.39 is 5.97 Å². The molecule has 7 nitrogen and oxygen atoms in total. The fourth-order valence-corrected chi connectivity index (χ4v) is 2.24. The van der Waals surface area contributed by atoms with E-state index >= 15 is 0 Å². The van der Waals surface area contributed by atoms with Crippen LogP contribution in [-0.2, 0) is 0 Å². The largest absolute Gasteiger partial charge is 0.507 e. The molecule has 116 valence electrons. The molecule has 0 saturated heterocycles. The summed E-state index contributed by atoms with van der Waals surface area (Å²) in [6, 6.07) is 7.90. The Kier molecular flexibility index (Phi) is 3.53. The lowest BCUT2D eigenvalue weighted by molar-refractivity contribution is 0.0694. The number of rotatable bonds is 3. The number of carboxylic acids is 1. The highest BCUT2D eigenvalue weighted by Gasteiger charge is 2.11. The highest BCUT2D eigenvalue weighted by atomic mass is 16.4. The zero-order valence-corrected chi connectivity index (χ0v) is 12.6. The van der Waals surface area contributed by atoms with Crippen molar-refractivity contribution in [3.8, 4) is 5.75 Å². The lowest BCUT2D eigenvalue weighted by Gasteiger charge is -2.00. The minimum Gasteiger partial charge on any atom is -0.507 e. The van der Waals surface area contributed by atoms with Crippen molar-refractivity contribution in [2.24, 2.45) is 10.2 Å². The molecular weight excluding hydrogens is 296 g/mol. The molecule has 0 saturated carbocycles. The van der Waals surface area contributed by atoms with Crippen molar-refractivity contribution in [3.05, 3.63) is 53.3 Å². The summed E-state index contributed by atoms with van der Waals surface area (Å²) in [7, 11) is 0. The Morgan fingerprint density at radius 2 is 1.96 bits per heavy atom. The monoisotopic (exact) mass is 310 g/mol. The van der Waals surface area contributed by atoms with Crippen molar-refractivity contribution in [1.82, 2.24) is 9.38 Å². The Bertz CT molecular complexity index is 944. The molecule has 3 rings (SSSR count). The number of fused-ring (bicyclic) bond motifs is 1. The van der Waals surface area contributed by atoms with E-state index in [-0.39, 0.29) is 11.3 Å². The Hall–Kier alpha value is -3.22. The van der Waals surface area contributed by atoms with Gasteiger partial charge in [-0.3, -0.25) is 4.40 Å². The van der Waals surface area contributed by atoms with Gasteiger partial charge in [0.05, 0.1) is 11.4 Å². The van der Waals surface area contributed by atoms with E-state index in [4.69, 9.17) is 5.11 Å². The summed E-state index contributed by atoms with van der Waals surface area (Å²) in [4.78, 5) is 15.4. The first-order chi connectivity index (χ1) is 11.0. The average molecular weight is 310 g/mol. The van der Waals surface area contributed by atoms with Gasteiger partial charge in [0.1, 0.15) is 17.0 Å². The van der Waals surface area contributed by atoms with Crippen LogP contribution < -0.4 is 0 Å². The van der Waals surface area contributed by atoms with Gasteiger partial charge in [0.15, 0.2) is 5.82 Å². The molecule has 0 bridgehead atoms. The van der Waals surface area contributed by atoms with Crippen LogP contribution in [0.4, 0.5) is 11.5 Å². The summed E-state index contributed by atoms with van der Waals surface area (Å²) in [5, 5.41) is 26.8. The topological polar surface area (TPSA) is 99.5 Å². The lowest BCUT2D eigenvalue weighted by atomic mass is 10.2. The quantitative estimate of drug-likeness (QED) is 0.719. The molecular formula is C16H14N4O3. The number of aryl methyl sites for hydroxylation is 2. The number of carbonyl (C=O) groups is 1. The molecule has 0 amide bonds. The minimum atomic E-state index is -1.22. The van der Waals surface area contributed by atoms with E-state index in [2.05, 4.69) is 15.2 Å². The van der Waals surface area contributed by atoms with Crippen LogP contribution in [0.25, 0.3) is 5.65 Å². The third kappa shape index (κ3) is 2.76. The first-order valence-electron chi connectivity index (χ1n) is 6.89. The molecule has 0 fully saturated rings. The maximum absolute atomic E-state index is 11.0. The second-order valence-corrected chi connectivity index (χ2v) is 5.16. The molecule has 23 heavy (non-hydrogen) atoms. The number of aromatic nitrogens is 2. The Balaban J connectivity index is 2.04. The summed E-state index contributed by atoms with van der Waals surface area (Å²) >= 11 is 0. The summed E-state index contributed by atoms with van der Waals surface area (Å²) in [5.41, 5.74) is 2.66. The van der Waals surface area contributed by atoms with E-state index in [1.54, 1.807) is 0 Å². The van der Waals surface area contributed by atoms with Crippen LogP contribution in [0.2, 0.25) is 0 Å². The molecule has 0 aliphatic rings. The number of nitrogens with zero attached hydrogens (tertiary/aromatic N) is 4. The van der Waals surface area contributed by atoms with Gasteiger partial charge in [0.25, 0.3) is 0 Å². The lowest BCUT2D eigenvalue weighted by Crippen LogP contribution is -1.95. The van der Waals surface area contributed by atoms with Gasteiger partial charge in [-0.15, -0.1) is 10.2 Å². The maximum Gasteiger partial charge on any atom is 0.339 e. The number of imidazole rings is 1. The zero-order chi connectivity index (χ0) is 16.6. The van der Waals surface area contributed by atoms with Crippen LogP contribution in [-0.4, -0.2) is 25.6 Å². The molecule has 0 atom stereocenters. The predicted molar refractivity (Wildman–Crippen MR) is 83.9 cm³/mol. The van der Waals surface area contributed by atoms with Crippen LogP contribution in [0.3, 0.4) is 0 Å². The average Bonchev–Trinajstić information content (AvgIpc) is 2.81. The number of pyridine rings is 1. The van der Waals surface area contributed by atoms with Crippen molar-refractivity contribution in [1.29, 1.82) is 0 Å². The zero-order valence-electron chi connectivity index (χ0n) is 12.6. The summed E-state index contributed by atoms with van der Waals surface area (Å²) in [6.07, 6.45) is 1.91. The van der Waals surface area contributed by atoms with Crippen LogP contribution in [0.5, 0.6) is 5.75 Å². The molecule has 2 N–H and O–H groups in total. The van der Waals surface area contributed by atoms with Crippen LogP contribution in [0, 0.1) is 13.8 Å². The number of hydrogen-bond donors (Lipinski definition) is 2. The molecule has 1 aromatic carbocycles. The standard InChI is InChI=1S/C16H14N4O3/c1-9-3-6-14-17-10(2)15(20(14)8-9)19-18-11-4-5-13(21)12(7-11)16(22)23/h3-8,21H,1-2H3,(H,22,23). The first kappa shape index (κ1) is 14.7. The van der Waals surface area contributed by atoms with Gasteiger partial charge in [-0.05, 0) is 43.7 Å². The fraction of sp³-hybridized carbons (Fsp3) is 0.125. The van der Waals surface area contributed by atoms with E-state index in [1.807, 2.05) is 36.6 Å². The van der Waals surface area contributed by atoms with Crippen molar-refractivity contribution in [3.63, 3.8) is 0 Å². The van der Waals surface area contributed by atoms with Gasteiger partial charge in [0.2, 0.25) is 0 Å². The van der Waals surface area contributed by atoms with E-state index in [0.29, 0.717) is 11.5 Å². The van der Waals surface area contributed by atoms with Crippen molar-refractivity contribution >= 4 is 23.1 Å². The van der Waals surface area contributed by atoms with Crippen LogP contribution in [0.1, 0.15) is 21.6 Å². The highest BCUT2D eigenvalue weighted by molar-refractivity contribution is 5.91. The third-order valence-corrected chi connectivity index (χ3v) is 3.38. The van der Waals surface area contributed by atoms with E-state index in [0.717, 1.165) is 16.9 Å². The van der Waals surface area contributed by atoms with Gasteiger partial charge in [-0.25, -0.2) is 9.78 Å². The SMILES string of the molecule is Cc1ccc2nc(C)c(N=Nc3ccc(O)c(C(=O)O)c3)n2c1. The number of aromatic hydroxyl groups is 1. The smallest absolute Gasteiger partial charge is 0.339 e. The molecule has 2 aromatic heterocycles. The Morgan fingerprint density at radius 3 is 2.70 bits per heavy atom. The van der Waals surface area contributed by atoms with E-state index in [1.165, 1.54) is 18.2 Å². The summed E-state index contributed by atoms with van der Waals surface area (Å²) in [5.74, 6) is -0.951. The van der Waals surface area contributed by atoms with Crippen molar-refractivity contribution < 1.29 is 15.0 Å². The Morgan fingerprint density at radius 1 is 1.17 bits per heavy atom. The van der Waals surface area contributed by atoms with Crippen LogP contribution in [0.15, 0.2) is 46.8 Å². The number of benzene rings is 1. The molecule has 0 radical (unpaired) electrons. The van der Waals surface area contributed by atoms with Crippen LogP contribution >= 0.6 is 0 Å². The summed E-state index contributed by atoms with van der Waals surface area (Å²) in [6.45, 7) is 3.80. The molecule has 0 aliphatic carbocycles. The molecule has 3 aromatic rings. The molecule has 0 spiro atoms. The third-order valence-electron chi connectivity index (χ3n) is 3.38. The van der Waals surface area contributed by atoms with Crippen molar-refractivity contribution in [2.45, 2.75) is 13.8 Å². The number of aromatic carboxylic acids is 1. The number of phenols is 1. The van der Waals surface area contributed by atoms with Gasteiger partial charge < -0.3 is 10.2 Å². The number of hydrogen-bond acceptors (Lipinski definition) is 5. The molecule has 7 heteroatoms. The van der Waals surface area contributed by atoms with Gasteiger partial charge in [0, 0.05) is 6.20 Å². The fourth-order valence-electron chi connectivity index (χ4n) is 2.24. The minimum absolute atomic E-state index is 0.216. The van der Waals surface area contributed by atoms with Gasteiger partial charge >= 0.3 is 5.97 Å². The number of azo groups is 1. The predicted octanol–water partition coefficient (Wildman–Crippen LogP) is 3.77. The Labute approximate surface area is 131 Å². The molecule has 2 heterocycles. The second-order valence-electron chi connectivity index (χ2n) is 5.16. The number of carboxylic acid groups (broad SMARTS) is 1. The first-order valence-corrected chi connectivity index (χ1v) is 6.89. The van der Waals surface area contributed by atoms with E-state index in [9.17, 15) is 9.90 Å². The van der Waals surface area contributed by atoms with Gasteiger partial charge in [-0.1, -0.05) is 6.07 Å². The molecule has 0 aliphatic heterocycles. The highest BCUT2D eigenvalue weighted by Crippen LogP contribution is 2.27.